The van der Waals surface area contributed by atoms with Crippen molar-refractivity contribution < 1.29 is 18.4 Å². The molecule has 6 heteroatoms. The third-order valence-electron chi connectivity index (χ3n) is 2.28. The van der Waals surface area contributed by atoms with Crippen molar-refractivity contribution in [3.63, 3.8) is 0 Å². The van der Waals surface area contributed by atoms with E-state index in [1.54, 1.807) is 38.6 Å². The highest BCUT2D eigenvalue weighted by Gasteiger charge is 2.21. The lowest BCUT2D eigenvalue weighted by molar-refractivity contribution is 0.0485. The Morgan fingerprint density at radius 2 is 2.12 bits per heavy atom. The summed E-state index contributed by atoms with van der Waals surface area (Å²) in [5.41, 5.74) is 0.408. The van der Waals surface area contributed by atoms with Gasteiger partial charge in [0.25, 0.3) is 0 Å². The molecule has 1 aromatic heterocycles. The van der Waals surface area contributed by atoms with Crippen LogP contribution in [0.4, 0.5) is 0 Å². The van der Waals surface area contributed by atoms with Crippen LogP contribution in [0.1, 0.15) is 17.4 Å². The third-order valence-corrected chi connectivity index (χ3v) is 4.33. The lowest BCUT2D eigenvalue weighted by atomic mass is 10.3. The highest BCUT2D eigenvalue weighted by molar-refractivity contribution is 6.46. The molecule has 94 valence electrons. The second kappa shape index (κ2) is 7.15. The van der Waals surface area contributed by atoms with Gasteiger partial charge in [-0.15, -0.1) is 0 Å². The van der Waals surface area contributed by atoms with Crippen molar-refractivity contribution in [2.24, 2.45) is 0 Å². The molecule has 0 aliphatic carbocycles. The van der Waals surface area contributed by atoms with E-state index in [2.05, 4.69) is 4.98 Å². The summed E-state index contributed by atoms with van der Waals surface area (Å²) in [7, 11) is 1.48. The van der Waals surface area contributed by atoms with Crippen LogP contribution in [0.25, 0.3) is 0 Å². The number of rotatable bonds is 6. The monoisotopic (exact) mass is 255 g/mol. The van der Waals surface area contributed by atoms with E-state index in [4.69, 9.17) is 13.6 Å². The van der Waals surface area contributed by atoms with Crippen LogP contribution in [-0.2, 0) is 13.6 Å². The predicted octanol–water partition coefficient (Wildman–Crippen LogP) is 1.14. The normalized spacial score (nSPS) is 12.5. The minimum absolute atomic E-state index is 0.0951. The first-order chi connectivity index (χ1) is 8.19. The Hall–Kier alpha value is -1.24. The largest absolute Gasteiger partial charge is 0.461 e. The van der Waals surface area contributed by atoms with E-state index in [0.29, 0.717) is 5.69 Å². The zero-order valence-corrected chi connectivity index (χ0v) is 11.4. The van der Waals surface area contributed by atoms with Crippen LogP contribution >= 0.6 is 0 Å². The van der Waals surface area contributed by atoms with Gasteiger partial charge in [0.15, 0.2) is 0 Å². The third kappa shape index (κ3) is 4.26. The average Bonchev–Trinajstić information content (AvgIpc) is 2.38. The molecule has 1 rings (SSSR count). The molecule has 1 atom stereocenters. The molecule has 0 bridgehead atoms. The number of carbonyl (C=O) groups excluding carboxylic acids is 1. The van der Waals surface area contributed by atoms with Crippen molar-refractivity contribution in [3.8, 4) is 0 Å². The Morgan fingerprint density at radius 3 is 2.65 bits per heavy atom. The Balaban J connectivity index is 2.43. The van der Waals surface area contributed by atoms with E-state index < -0.39 is 15.3 Å². The minimum atomic E-state index is -1.74. The first kappa shape index (κ1) is 13.8. The first-order valence-electron chi connectivity index (χ1n) is 5.32. The topological polar surface area (TPSA) is 57.7 Å². The zero-order valence-electron chi connectivity index (χ0n) is 10.3. The van der Waals surface area contributed by atoms with E-state index in [9.17, 15) is 4.79 Å². The average molecular weight is 255 g/mol. The van der Waals surface area contributed by atoms with Gasteiger partial charge in [-0.3, -0.25) is 0 Å². The van der Waals surface area contributed by atoms with Crippen LogP contribution in [0, 0.1) is 0 Å². The van der Waals surface area contributed by atoms with Gasteiger partial charge in [-0.05, 0) is 12.1 Å². The van der Waals surface area contributed by atoms with E-state index in [-0.39, 0.29) is 12.1 Å². The highest BCUT2D eigenvalue weighted by Crippen LogP contribution is 2.11. The van der Waals surface area contributed by atoms with Crippen molar-refractivity contribution in [2.75, 3.05) is 20.8 Å². The number of carbonyl (C=O) groups is 1. The molecule has 1 heterocycles. The van der Waals surface area contributed by atoms with Crippen molar-refractivity contribution in [2.45, 2.75) is 12.5 Å². The molecule has 17 heavy (non-hydrogen) atoms. The Morgan fingerprint density at radius 1 is 1.41 bits per heavy atom. The van der Waals surface area contributed by atoms with Crippen molar-refractivity contribution in [1.29, 1.82) is 0 Å². The smallest absolute Gasteiger partial charge is 0.356 e. The summed E-state index contributed by atoms with van der Waals surface area (Å²) in [4.78, 5) is 15.5. The molecular formula is C11H17NO4Si. The van der Waals surface area contributed by atoms with Gasteiger partial charge in [0.05, 0.1) is 6.61 Å². The molecule has 0 aliphatic heterocycles. The Labute approximate surface area is 103 Å². The molecule has 5 nitrogen and oxygen atoms in total. The number of hydrogen-bond donors (Lipinski definition) is 0. The van der Waals surface area contributed by atoms with Gasteiger partial charge >= 0.3 is 15.3 Å². The summed E-state index contributed by atoms with van der Waals surface area (Å²) < 4.78 is 15.6. The maximum absolute atomic E-state index is 11.6. The summed E-state index contributed by atoms with van der Waals surface area (Å²) in [6, 6.07) is 5.11. The fourth-order valence-corrected chi connectivity index (χ4v) is 2.78. The van der Waals surface area contributed by atoms with Gasteiger partial charge in [0.1, 0.15) is 5.69 Å². The lowest BCUT2D eigenvalue weighted by Gasteiger charge is -2.18. The number of nitrogens with zero attached hydrogens (tertiary/aromatic N) is 1. The van der Waals surface area contributed by atoms with Gasteiger partial charge < -0.3 is 13.6 Å². The van der Waals surface area contributed by atoms with Crippen LogP contribution in [0.5, 0.6) is 0 Å². The predicted molar refractivity (Wildman–Crippen MR) is 65.1 cm³/mol. The number of esters is 1. The fourth-order valence-electron chi connectivity index (χ4n) is 1.40. The van der Waals surface area contributed by atoms with Gasteiger partial charge in [0.2, 0.25) is 0 Å². The molecule has 0 radical (unpaired) electrons. The molecule has 0 spiro atoms. The Kier molecular flexibility index (Phi) is 5.82. The number of aromatic nitrogens is 1. The molecular weight excluding hydrogens is 238 g/mol. The van der Waals surface area contributed by atoms with Gasteiger partial charge in [-0.1, -0.05) is 13.0 Å². The van der Waals surface area contributed by atoms with Crippen molar-refractivity contribution >= 4 is 15.3 Å². The summed E-state index contributed by atoms with van der Waals surface area (Å²) in [5.74, 6) is -0.419. The minimum Gasteiger partial charge on any atom is -0.461 e. The molecule has 0 aromatic carbocycles. The molecule has 0 aliphatic rings. The molecule has 1 unspecified atom stereocenters. The fraction of sp³-hybridized carbons (Fsp3) is 0.455. The van der Waals surface area contributed by atoms with Crippen LogP contribution in [-0.4, -0.2) is 41.1 Å². The van der Waals surface area contributed by atoms with Crippen molar-refractivity contribution in [3.05, 3.63) is 30.1 Å². The van der Waals surface area contributed by atoms with E-state index >= 15 is 0 Å². The zero-order chi connectivity index (χ0) is 12.7. The van der Waals surface area contributed by atoms with E-state index in [0.717, 1.165) is 0 Å². The quantitative estimate of drug-likeness (QED) is 0.563. The van der Waals surface area contributed by atoms with Gasteiger partial charge in [0, 0.05) is 26.0 Å². The summed E-state index contributed by atoms with van der Waals surface area (Å²) >= 11 is 0. The highest BCUT2D eigenvalue weighted by atomic mass is 28.3. The lowest BCUT2D eigenvalue weighted by Crippen LogP contribution is -2.28. The van der Waals surface area contributed by atoms with Gasteiger partial charge in [-0.2, -0.15) is 0 Å². The standard InChI is InChI=1S/C11H17NO4Si/c1-9(17(14-2)15-3)8-16-11(13)10-6-4-5-7-12-10/h4-7,9,17H,8H2,1-3H3. The van der Waals surface area contributed by atoms with Crippen LogP contribution in [0.15, 0.2) is 24.4 Å². The summed E-state index contributed by atoms with van der Waals surface area (Å²) in [6.07, 6.45) is 1.56. The first-order valence-corrected chi connectivity index (χ1v) is 6.93. The second-order valence-corrected chi connectivity index (χ2v) is 6.45. The van der Waals surface area contributed by atoms with Crippen LogP contribution in [0.2, 0.25) is 5.54 Å². The van der Waals surface area contributed by atoms with E-state index in [1.165, 1.54) is 0 Å². The maximum Gasteiger partial charge on any atom is 0.356 e. The molecule has 0 amide bonds. The molecule has 0 saturated carbocycles. The van der Waals surface area contributed by atoms with Crippen LogP contribution < -0.4 is 0 Å². The Bertz CT molecular complexity index is 343. The summed E-state index contributed by atoms with van der Waals surface area (Å²) in [5, 5.41) is 0. The molecule has 0 N–H and O–H groups in total. The maximum atomic E-state index is 11.6. The summed E-state index contributed by atoms with van der Waals surface area (Å²) in [6.45, 7) is 2.23. The number of pyridine rings is 1. The van der Waals surface area contributed by atoms with Gasteiger partial charge in [-0.25, -0.2) is 9.78 Å². The van der Waals surface area contributed by atoms with Crippen molar-refractivity contribution in [1.82, 2.24) is 4.98 Å². The number of ether oxygens (including phenoxy) is 1. The van der Waals surface area contributed by atoms with Crippen LogP contribution in [0.3, 0.4) is 0 Å². The number of hydrogen-bond acceptors (Lipinski definition) is 5. The second-order valence-electron chi connectivity index (χ2n) is 3.63. The van der Waals surface area contributed by atoms with E-state index in [1.807, 2.05) is 6.92 Å². The molecule has 0 fully saturated rings. The molecule has 0 saturated heterocycles. The molecule has 1 aromatic rings. The SMILES string of the molecule is CO[SiH](OC)C(C)COC(=O)c1ccccn1.